The van der Waals surface area contributed by atoms with Gasteiger partial charge in [-0.3, -0.25) is 0 Å². The van der Waals surface area contributed by atoms with Crippen LogP contribution in [-0.4, -0.2) is 11.7 Å². The van der Waals surface area contributed by atoms with Crippen molar-refractivity contribution in [2.45, 2.75) is 6.42 Å². The Morgan fingerprint density at radius 2 is 1.93 bits per heavy atom. The smallest absolute Gasteiger partial charge is 0.163 e. The van der Waals surface area contributed by atoms with Crippen molar-refractivity contribution in [3.8, 4) is 0 Å². The molecule has 0 amide bonds. The van der Waals surface area contributed by atoms with Gasteiger partial charge in [-0.25, -0.2) is 0 Å². The van der Waals surface area contributed by atoms with Gasteiger partial charge in [0, 0.05) is 16.6 Å². The van der Waals surface area contributed by atoms with Crippen LogP contribution in [0.15, 0.2) is 18.2 Å². The summed E-state index contributed by atoms with van der Waals surface area (Å²) in [6.45, 7) is 0.638. The van der Waals surface area contributed by atoms with Gasteiger partial charge in [0.1, 0.15) is 0 Å². The van der Waals surface area contributed by atoms with E-state index in [1.165, 1.54) is 0 Å². The summed E-state index contributed by atoms with van der Waals surface area (Å²) >= 11 is 16.6. The lowest BCUT2D eigenvalue weighted by atomic mass is 10.1. The average Bonchev–Trinajstić information content (AvgIpc) is 2.09. The van der Waals surface area contributed by atoms with Gasteiger partial charge in [-0.15, -0.1) is 0 Å². The molecule has 0 heterocycles. The Kier molecular flexibility index (Phi) is 4.45. The second-order valence-electron chi connectivity index (χ2n) is 2.74. The molecule has 0 saturated carbocycles. The van der Waals surface area contributed by atoms with E-state index in [4.69, 9.17) is 28.9 Å². The minimum atomic E-state index is 0.285. The minimum absolute atomic E-state index is 0.285. The third-order valence-electron chi connectivity index (χ3n) is 1.74. The van der Waals surface area contributed by atoms with Gasteiger partial charge in [0.2, 0.25) is 0 Å². The lowest BCUT2D eigenvalue weighted by molar-refractivity contribution is 0.870. The average molecular weight is 249 g/mol. The van der Waals surface area contributed by atoms with Crippen LogP contribution in [0.4, 0.5) is 0 Å². The van der Waals surface area contributed by atoms with Gasteiger partial charge in [-0.1, -0.05) is 29.3 Å². The molecule has 0 spiro atoms. The van der Waals surface area contributed by atoms with Crippen LogP contribution in [0.2, 0.25) is 10.0 Å². The van der Waals surface area contributed by atoms with Crippen molar-refractivity contribution < 1.29 is 0 Å². The van der Waals surface area contributed by atoms with Crippen LogP contribution in [0, 0.1) is 0 Å². The summed E-state index contributed by atoms with van der Waals surface area (Å²) in [5.41, 5.74) is 6.20. The van der Waals surface area contributed by atoms with Crippen LogP contribution >= 0.6 is 35.4 Å². The molecule has 0 radical (unpaired) electrons. The van der Waals surface area contributed by atoms with Crippen LogP contribution in [0.5, 0.6) is 0 Å². The topological polar surface area (TPSA) is 38.0 Å². The molecule has 3 N–H and O–H groups in total. The maximum absolute atomic E-state index is 5.97. The number of thiocarbonyl (C=S) groups is 1. The highest BCUT2D eigenvalue weighted by atomic mass is 35.5. The van der Waals surface area contributed by atoms with Crippen LogP contribution < -0.4 is 11.1 Å². The van der Waals surface area contributed by atoms with E-state index in [-0.39, 0.29) is 5.11 Å². The highest BCUT2D eigenvalue weighted by molar-refractivity contribution is 7.80. The first-order valence-electron chi connectivity index (χ1n) is 4.07. The monoisotopic (exact) mass is 248 g/mol. The highest BCUT2D eigenvalue weighted by Gasteiger charge is 2.04. The number of nitrogens with two attached hydrogens (primary N) is 1. The quantitative estimate of drug-likeness (QED) is 0.807. The Morgan fingerprint density at radius 1 is 1.36 bits per heavy atom. The first-order chi connectivity index (χ1) is 6.61. The van der Waals surface area contributed by atoms with Crippen molar-refractivity contribution in [2.75, 3.05) is 6.54 Å². The predicted molar refractivity (Wildman–Crippen MR) is 65.0 cm³/mol. The van der Waals surface area contributed by atoms with E-state index < -0.39 is 0 Å². The van der Waals surface area contributed by atoms with Gasteiger partial charge < -0.3 is 11.1 Å². The summed E-state index contributed by atoms with van der Waals surface area (Å²) in [4.78, 5) is 0. The molecule has 14 heavy (non-hydrogen) atoms. The van der Waals surface area contributed by atoms with E-state index in [1.807, 2.05) is 18.2 Å². The Bertz CT molecular complexity index is 321. The molecule has 76 valence electrons. The summed E-state index contributed by atoms with van der Waals surface area (Å²) in [7, 11) is 0. The lowest BCUT2D eigenvalue weighted by Gasteiger charge is -2.07. The number of hydrogen-bond donors (Lipinski definition) is 2. The molecule has 0 aromatic heterocycles. The van der Waals surface area contributed by atoms with Gasteiger partial charge in [0.05, 0.1) is 0 Å². The molecule has 1 aromatic carbocycles. The number of halogens is 2. The fraction of sp³-hybridized carbons (Fsp3) is 0.222. The molecule has 0 unspecified atom stereocenters. The molecule has 2 nitrogen and oxygen atoms in total. The molecular weight excluding hydrogens is 239 g/mol. The van der Waals surface area contributed by atoms with Crippen molar-refractivity contribution >= 4 is 40.5 Å². The van der Waals surface area contributed by atoms with E-state index in [0.29, 0.717) is 23.0 Å². The first kappa shape index (κ1) is 11.6. The number of benzene rings is 1. The van der Waals surface area contributed by atoms with Crippen LogP contribution in [0.1, 0.15) is 5.56 Å². The molecular formula is C9H10Cl2N2S. The molecule has 1 aromatic rings. The van der Waals surface area contributed by atoms with Crippen LogP contribution in [-0.2, 0) is 6.42 Å². The molecule has 1 rings (SSSR count). The zero-order valence-electron chi connectivity index (χ0n) is 7.39. The van der Waals surface area contributed by atoms with Gasteiger partial charge in [0.15, 0.2) is 5.11 Å². The summed E-state index contributed by atoms with van der Waals surface area (Å²) in [5.74, 6) is 0. The lowest BCUT2D eigenvalue weighted by Crippen LogP contribution is -2.30. The largest absolute Gasteiger partial charge is 0.376 e. The summed E-state index contributed by atoms with van der Waals surface area (Å²) in [6.07, 6.45) is 0.704. The van der Waals surface area contributed by atoms with Crippen molar-refractivity contribution in [1.29, 1.82) is 0 Å². The molecule has 0 aliphatic carbocycles. The minimum Gasteiger partial charge on any atom is -0.376 e. The van der Waals surface area contributed by atoms with Crippen molar-refractivity contribution in [3.05, 3.63) is 33.8 Å². The van der Waals surface area contributed by atoms with E-state index in [9.17, 15) is 0 Å². The Morgan fingerprint density at radius 3 is 2.43 bits per heavy atom. The maximum Gasteiger partial charge on any atom is 0.163 e. The second-order valence-corrected chi connectivity index (χ2v) is 4.00. The zero-order chi connectivity index (χ0) is 10.6. The van der Waals surface area contributed by atoms with E-state index in [0.717, 1.165) is 5.56 Å². The standard InChI is InChI=1S/C9H10Cl2N2S/c10-7-2-1-3-8(11)6(7)4-5-13-9(12)14/h1-3H,4-5H2,(H3,12,13,14). The Hall–Kier alpha value is -0.510. The fourth-order valence-corrected chi connectivity index (χ4v) is 1.77. The molecule has 0 bridgehead atoms. The predicted octanol–water partition coefficient (Wildman–Crippen LogP) is 2.37. The van der Waals surface area contributed by atoms with Crippen molar-refractivity contribution in [1.82, 2.24) is 5.32 Å². The van der Waals surface area contributed by atoms with E-state index in [2.05, 4.69) is 17.5 Å². The van der Waals surface area contributed by atoms with Crippen LogP contribution in [0.3, 0.4) is 0 Å². The third kappa shape index (κ3) is 3.33. The molecule has 5 heteroatoms. The zero-order valence-corrected chi connectivity index (χ0v) is 9.72. The van der Waals surface area contributed by atoms with Gasteiger partial charge >= 0.3 is 0 Å². The molecule has 0 atom stereocenters. The Balaban J connectivity index is 2.62. The molecule has 0 saturated heterocycles. The Labute approximate surface area is 98.4 Å². The normalized spacial score (nSPS) is 9.86. The van der Waals surface area contributed by atoms with E-state index in [1.54, 1.807) is 0 Å². The summed E-state index contributed by atoms with van der Waals surface area (Å²) < 4.78 is 0. The summed E-state index contributed by atoms with van der Waals surface area (Å²) in [5, 5.41) is 4.46. The number of rotatable bonds is 3. The molecule has 0 aliphatic heterocycles. The van der Waals surface area contributed by atoms with Crippen LogP contribution in [0.25, 0.3) is 0 Å². The van der Waals surface area contributed by atoms with Crippen molar-refractivity contribution in [3.63, 3.8) is 0 Å². The highest BCUT2D eigenvalue weighted by Crippen LogP contribution is 2.24. The summed E-state index contributed by atoms with van der Waals surface area (Å²) in [6, 6.07) is 5.43. The van der Waals surface area contributed by atoms with Crippen molar-refractivity contribution in [2.24, 2.45) is 5.73 Å². The van der Waals surface area contributed by atoms with E-state index >= 15 is 0 Å². The number of hydrogen-bond acceptors (Lipinski definition) is 1. The second kappa shape index (κ2) is 5.39. The van der Waals surface area contributed by atoms with Gasteiger partial charge in [0.25, 0.3) is 0 Å². The maximum atomic E-state index is 5.97. The third-order valence-corrected chi connectivity index (χ3v) is 2.59. The van der Waals surface area contributed by atoms with Gasteiger partial charge in [-0.05, 0) is 36.3 Å². The van der Waals surface area contributed by atoms with Gasteiger partial charge in [-0.2, -0.15) is 0 Å². The SMILES string of the molecule is NC(=S)NCCc1c(Cl)cccc1Cl. The molecule has 0 aliphatic rings. The molecule has 0 fully saturated rings. The first-order valence-corrected chi connectivity index (χ1v) is 5.24. The number of nitrogens with one attached hydrogen (secondary N) is 1. The fourth-order valence-electron chi connectivity index (χ4n) is 1.08.